The van der Waals surface area contributed by atoms with Crippen LogP contribution in [0.4, 0.5) is 0 Å². The summed E-state index contributed by atoms with van der Waals surface area (Å²) in [6.45, 7) is 5.17. The Bertz CT molecular complexity index is 228. The van der Waals surface area contributed by atoms with Gasteiger partial charge in [0.15, 0.2) is 6.35 Å². The molecule has 1 unspecified atom stereocenters. The van der Waals surface area contributed by atoms with Crippen molar-refractivity contribution in [3.63, 3.8) is 0 Å². The van der Waals surface area contributed by atoms with Gasteiger partial charge in [-0.05, 0) is 13.8 Å². The zero-order valence-corrected chi connectivity index (χ0v) is 8.50. The molecule has 0 aromatic carbocycles. The summed E-state index contributed by atoms with van der Waals surface area (Å²) in [5.41, 5.74) is 0.586. The van der Waals surface area contributed by atoms with E-state index in [0.717, 1.165) is 0 Å². The van der Waals surface area contributed by atoms with Gasteiger partial charge in [0.25, 0.3) is 0 Å². The average Bonchev–Trinajstić information content (AvgIpc) is 2.20. The van der Waals surface area contributed by atoms with Crippen molar-refractivity contribution in [1.82, 2.24) is 10.6 Å². The molecule has 1 rings (SSSR count). The molecule has 0 spiro atoms. The van der Waals surface area contributed by atoms with E-state index in [0.29, 0.717) is 25.3 Å². The minimum atomic E-state index is -0.289. The first kappa shape index (κ1) is 11.0. The van der Waals surface area contributed by atoms with Crippen LogP contribution in [-0.2, 0) is 14.3 Å². The predicted molar refractivity (Wildman–Crippen MR) is 51.3 cm³/mol. The van der Waals surface area contributed by atoms with Crippen molar-refractivity contribution in [1.29, 1.82) is 0 Å². The van der Waals surface area contributed by atoms with Crippen LogP contribution in [0.1, 0.15) is 13.8 Å². The molecule has 0 amide bonds. The molecule has 0 aliphatic carbocycles. The standard InChI is InChI=1S/C9H16N2O3/c1-3-13-8(12)7-5-10-9(11-6-7)14-4-2/h5,9-11H,3-4,6H2,1-2H3. The van der Waals surface area contributed by atoms with Gasteiger partial charge in [-0.3, -0.25) is 5.32 Å². The molecule has 0 fully saturated rings. The molecule has 0 saturated carbocycles. The molecule has 0 aromatic heterocycles. The monoisotopic (exact) mass is 200 g/mol. The van der Waals surface area contributed by atoms with E-state index in [4.69, 9.17) is 9.47 Å². The molecule has 1 heterocycles. The van der Waals surface area contributed by atoms with Crippen LogP contribution in [0.15, 0.2) is 11.8 Å². The number of nitrogens with one attached hydrogen (secondary N) is 2. The number of rotatable bonds is 4. The largest absolute Gasteiger partial charge is 0.463 e. The van der Waals surface area contributed by atoms with Crippen LogP contribution in [0.3, 0.4) is 0 Å². The van der Waals surface area contributed by atoms with Crippen LogP contribution in [-0.4, -0.2) is 32.1 Å². The Labute approximate surface area is 83.5 Å². The van der Waals surface area contributed by atoms with Gasteiger partial charge in [0, 0.05) is 19.4 Å². The van der Waals surface area contributed by atoms with Crippen molar-refractivity contribution in [2.45, 2.75) is 20.2 Å². The fraction of sp³-hybridized carbons (Fsp3) is 0.667. The molecule has 5 nitrogen and oxygen atoms in total. The van der Waals surface area contributed by atoms with Crippen molar-refractivity contribution in [2.75, 3.05) is 19.8 Å². The number of hydrogen-bond acceptors (Lipinski definition) is 5. The van der Waals surface area contributed by atoms with Gasteiger partial charge in [-0.25, -0.2) is 4.79 Å². The van der Waals surface area contributed by atoms with E-state index < -0.39 is 0 Å². The summed E-state index contributed by atoms with van der Waals surface area (Å²) in [4.78, 5) is 11.3. The molecule has 1 aliphatic heterocycles. The van der Waals surface area contributed by atoms with E-state index in [1.165, 1.54) is 0 Å². The highest BCUT2D eigenvalue weighted by molar-refractivity contribution is 5.88. The highest BCUT2D eigenvalue weighted by Gasteiger charge is 2.17. The molecule has 1 atom stereocenters. The minimum absolute atomic E-state index is 0.210. The summed E-state index contributed by atoms with van der Waals surface area (Å²) in [5.74, 6) is -0.289. The molecule has 14 heavy (non-hydrogen) atoms. The van der Waals surface area contributed by atoms with E-state index in [9.17, 15) is 4.79 Å². The highest BCUT2D eigenvalue weighted by atomic mass is 16.5. The smallest absolute Gasteiger partial charge is 0.336 e. The lowest BCUT2D eigenvalue weighted by Gasteiger charge is -2.24. The van der Waals surface area contributed by atoms with E-state index >= 15 is 0 Å². The second kappa shape index (κ2) is 5.62. The molecule has 80 valence electrons. The SMILES string of the molecule is CCOC(=O)C1=CNC(OCC)NC1. The molecule has 0 aromatic rings. The van der Waals surface area contributed by atoms with Gasteiger partial charge in [-0.1, -0.05) is 0 Å². The molecule has 5 heteroatoms. The Morgan fingerprint density at radius 3 is 2.86 bits per heavy atom. The topological polar surface area (TPSA) is 59.6 Å². The number of ether oxygens (including phenoxy) is 2. The van der Waals surface area contributed by atoms with Crippen molar-refractivity contribution in [3.05, 3.63) is 11.8 Å². The summed E-state index contributed by atoms with van der Waals surface area (Å²) in [6.07, 6.45) is 1.42. The predicted octanol–water partition coefficient (Wildman–Crippen LogP) is -0.0537. The van der Waals surface area contributed by atoms with Crippen molar-refractivity contribution in [3.8, 4) is 0 Å². The lowest BCUT2D eigenvalue weighted by atomic mass is 10.2. The lowest BCUT2D eigenvalue weighted by Crippen LogP contribution is -2.47. The normalized spacial score (nSPS) is 21.0. The Hall–Kier alpha value is -1.07. The van der Waals surface area contributed by atoms with E-state index in [1.54, 1.807) is 13.1 Å². The highest BCUT2D eigenvalue weighted by Crippen LogP contribution is 2.01. The molecule has 1 aliphatic rings. The van der Waals surface area contributed by atoms with Crippen molar-refractivity contribution < 1.29 is 14.3 Å². The van der Waals surface area contributed by atoms with Crippen LogP contribution < -0.4 is 10.6 Å². The molecular weight excluding hydrogens is 184 g/mol. The summed E-state index contributed by atoms with van der Waals surface area (Å²) in [7, 11) is 0. The van der Waals surface area contributed by atoms with Gasteiger partial charge in [-0.15, -0.1) is 0 Å². The second-order valence-electron chi connectivity index (χ2n) is 2.77. The fourth-order valence-corrected chi connectivity index (χ4v) is 1.12. The number of esters is 1. The van der Waals surface area contributed by atoms with E-state index in [2.05, 4.69) is 10.6 Å². The maximum absolute atomic E-state index is 11.3. The van der Waals surface area contributed by atoms with E-state index in [1.807, 2.05) is 6.92 Å². The molecule has 0 saturated heterocycles. The lowest BCUT2D eigenvalue weighted by molar-refractivity contribution is -0.138. The molecule has 0 bridgehead atoms. The molecule has 2 N–H and O–H groups in total. The Morgan fingerprint density at radius 2 is 2.36 bits per heavy atom. The third-order valence-electron chi connectivity index (χ3n) is 1.76. The summed E-state index contributed by atoms with van der Waals surface area (Å²) < 4.78 is 10.1. The van der Waals surface area contributed by atoms with Gasteiger partial charge in [0.1, 0.15) is 0 Å². The van der Waals surface area contributed by atoms with Crippen LogP contribution in [0.5, 0.6) is 0 Å². The maximum Gasteiger partial charge on any atom is 0.336 e. The second-order valence-corrected chi connectivity index (χ2v) is 2.77. The summed E-state index contributed by atoms with van der Waals surface area (Å²) in [6, 6.07) is 0. The first-order chi connectivity index (χ1) is 6.77. The van der Waals surface area contributed by atoms with E-state index in [-0.39, 0.29) is 12.3 Å². The zero-order valence-electron chi connectivity index (χ0n) is 8.50. The van der Waals surface area contributed by atoms with Crippen LogP contribution >= 0.6 is 0 Å². The first-order valence-corrected chi connectivity index (χ1v) is 4.75. The van der Waals surface area contributed by atoms with Gasteiger partial charge >= 0.3 is 5.97 Å². The van der Waals surface area contributed by atoms with Crippen molar-refractivity contribution in [2.24, 2.45) is 0 Å². The van der Waals surface area contributed by atoms with Crippen LogP contribution in [0.25, 0.3) is 0 Å². The fourth-order valence-electron chi connectivity index (χ4n) is 1.12. The number of hydrogen-bond donors (Lipinski definition) is 2. The average molecular weight is 200 g/mol. The van der Waals surface area contributed by atoms with Crippen molar-refractivity contribution >= 4 is 5.97 Å². The summed E-state index contributed by atoms with van der Waals surface area (Å²) in [5, 5.41) is 5.92. The zero-order chi connectivity index (χ0) is 10.4. The third-order valence-corrected chi connectivity index (χ3v) is 1.76. The summed E-state index contributed by atoms with van der Waals surface area (Å²) >= 11 is 0. The van der Waals surface area contributed by atoms with Crippen LogP contribution in [0, 0.1) is 0 Å². The number of carbonyl (C=O) groups is 1. The van der Waals surface area contributed by atoms with Gasteiger partial charge < -0.3 is 14.8 Å². The number of carbonyl (C=O) groups excluding carboxylic acids is 1. The van der Waals surface area contributed by atoms with Gasteiger partial charge in [0.2, 0.25) is 0 Å². The van der Waals surface area contributed by atoms with Crippen LogP contribution in [0.2, 0.25) is 0 Å². The first-order valence-electron chi connectivity index (χ1n) is 4.75. The Kier molecular flexibility index (Phi) is 4.42. The quantitative estimate of drug-likeness (QED) is 0.623. The minimum Gasteiger partial charge on any atom is -0.463 e. The Balaban J connectivity index is 2.40. The third kappa shape index (κ3) is 3.01. The molecular formula is C9H16N2O3. The maximum atomic E-state index is 11.3. The molecule has 0 radical (unpaired) electrons. The van der Waals surface area contributed by atoms with Gasteiger partial charge in [-0.2, -0.15) is 0 Å². The van der Waals surface area contributed by atoms with Gasteiger partial charge in [0.05, 0.1) is 12.2 Å². The Morgan fingerprint density at radius 1 is 1.57 bits per heavy atom.